The standard InChI is InChI=1S/C20H21N3O4S/c1-4-27-20(24)16-6-5-7-17(11-16)23-28(25,26)19-12-15(9-8-13(19)2)18-10-14(3)21-22-18/h5-12,23H,4H2,1-3H3,(H,21,22). The molecule has 0 amide bonds. The van der Waals surface area contributed by atoms with Crippen LogP contribution in [0.5, 0.6) is 0 Å². The van der Waals surface area contributed by atoms with Gasteiger partial charge in [0.25, 0.3) is 10.0 Å². The molecule has 0 bridgehead atoms. The third-order valence-corrected chi connectivity index (χ3v) is 5.63. The smallest absolute Gasteiger partial charge is 0.338 e. The Hall–Kier alpha value is -3.13. The van der Waals surface area contributed by atoms with Crippen LogP contribution in [0.1, 0.15) is 28.5 Å². The lowest BCUT2D eigenvalue weighted by Crippen LogP contribution is -2.15. The monoisotopic (exact) mass is 399 g/mol. The molecule has 7 nitrogen and oxygen atoms in total. The van der Waals surface area contributed by atoms with Gasteiger partial charge in [-0.15, -0.1) is 0 Å². The third kappa shape index (κ3) is 4.23. The van der Waals surface area contributed by atoms with E-state index in [1.807, 2.05) is 19.1 Å². The second kappa shape index (κ2) is 7.85. The quantitative estimate of drug-likeness (QED) is 0.616. The number of nitrogens with one attached hydrogen (secondary N) is 2. The molecule has 0 atom stereocenters. The van der Waals surface area contributed by atoms with Gasteiger partial charge >= 0.3 is 5.97 Å². The Labute approximate surface area is 163 Å². The number of hydrogen-bond donors (Lipinski definition) is 2. The zero-order valence-electron chi connectivity index (χ0n) is 15.8. The van der Waals surface area contributed by atoms with Crippen LogP contribution >= 0.6 is 0 Å². The Bertz CT molecular complexity index is 1120. The zero-order valence-corrected chi connectivity index (χ0v) is 16.6. The highest BCUT2D eigenvalue weighted by Crippen LogP contribution is 2.26. The maximum atomic E-state index is 13.0. The number of carbonyl (C=O) groups excluding carboxylic acids is 1. The Kier molecular flexibility index (Phi) is 5.51. The number of carbonyl (C=O) groups is 1. The molecule has 3 aromatic rings. The fourth-order valence-electron chi connectivity index (χ4n) is 2.75. The predicted octanol–water partition coefficient (Wildman–Crippen LogP) is 3.67. The molecule has 0 saturated carbocycles. The molecule has 8 heteroatoms. The summed E-state index contributed by atoms with van der Waals surface area (Å²) in [6, 6.07) is 13.2. The van der Waals surface area contributed by atoms with E-state index >= 15 is 0 Å². The minimum atomic E-state index is -3.86. The van der Waals surface area contributed by atoms with Crippen molar-refractivity contribution in [2.75, 3.05) is 11.3 Å². The molecule has 3 rings (SSSR count). The summed E-state index contributed by atoms with van der Waals surface area (Å²) in [6.45, 7) is 5.55. The Morgan fingerprint density at radius 2 is 1.93 bits per heavy atom. The average molecular weight is 399 g/mol. The predicted molar refractivity (Wildman–Crippen MR) is 107 cm³/mol. The van der Waals surface area contributed by atoms with Gasteiger partial charge in [-0.05, 0) is 56.7 Å². The summed E-state index contributed by atoms with van der Waals surface area (Å²) >= 11 is 0. The molecule has 28 heavy (non-hydrogen) atoms. The fourth-order valence-corrected chi connectivity index (χ4v) is 4.07. The van der Waals surface area contributed by atoms with Crippen molar-refractivity contribution in [1.82, 2.24) is 10.2 Å². The molecule has 0 unspecified atom stereocenters. The first-order valence-electron chi connectivity index (χ1n) is 8.73. The Morgan fingerprint density at radius 1 is 1.14 bits per heavy atom. The number of aryl methyl sites for hydroxylation is 2. The van der Waals surface area contributed by atoms with Gasteiger partial charge < -0.3 is 4.74 Å². The number of benzene rings is 2. The molecule has 0 aliphatic heterocycles. The van der Waals surface area contributed by atoms with Crippen LogP contribution in [0, 0.1) is 13.8 Å². The summed E-state index contributed by atoms with van der Waals surface area (Å²) in [4.78, 5) is 12.0. The van der Waals surface area contributed by atoms with E-state index in [9.17, 15) is 13.2 Å². The number of ether oxygens (including phenoxy) is 1. The van der Waals surface area contributed by atoms with Crippen molar-refractivity contribution >= 4 is 21.7 Å². The average Bonchev–Trinajstić information content (AvgIpc) is 3.08. The van der Waals surface area contributed by atoms with Gasteiger partial charge in [-0.1, -0.05) is 18.2 Å². The van der Waals surface area contributed by atoms with Gasteiger partial charge in [0.15, 0.2) is 0 Å². The van der Waals surface area contributed by atoms with Crippen LogP contribution in [-0.2, 0) is 14.8 Å². The first kappa shape index (κ1) is 19.6. The van der Waals surface area contributed by atoms with E-state index in [2.05, 4.69) is 14.9 Å². The summed E-state index contributed by atoms with van der Waals surface area (Å²) < 4.78 is 33.4. The van der Waals surface area contributed by atoms with Gasteiger partial charge in [-0.25, -0.2) is 13.2 Å². The fraction of sp³-hybridized carbons (Fsp3) is 0.200. The van der Waals surface area contributed by atoms with E-state index in [4.69, 9.17) is 4.74 Å². The second-order valence-corrected chi connectivity index (χ2v) is 7.97. The molecule has 2 N–H and O–H groups in total. The van der Waals surface area contributed by atoms with Gasteiger partial charge in [-0.2, -0.15) is 5.10 Å². The van der Waals surface area contributed by atoms with Crippen molar-refractivity contribution in [2.45, 2.75) is 25.7 Å². The van der Waals surface area contributed by atoms with E-state index in [1.54, 1.807) is 44.2 Å². The molecule has 2 aromatic carbocycles. The molecule has 0 radical (unpaired) electrons. The van der Waals surface area contributed by atoms with E-state index in [0.717, 1.165) is 5.69 Å². The van der Waals surface area contributed by atoms with Crippen molar-refractivity contribution < 1.29 is 17.9 Å². The van der Waals surface area contributed by atoms with Gasteiger partial charge in [0.1, 0.15) is 0 Å². The highest BCUT2D eigenvalue weighted by molar-refractivity contribution is 7.92. The van der Waals surface area contributed by atoms with Crippen molar-refractivity contribution in [3.63, 3.8) is 0 Å². The third-order valence-electron chi connectivity index (χ3n) is 4.11. The zero-order chi connectivity index (χ0) is 20.3. The molecule has 1 heterocycles. The summed E-state index contributed by atoms with van der Waals surface area (Å²) in [5.74, 6) is -0.504. The van der Waals surface area contributed by atoms with E-state index in [-0.39, 0.29) is 22.8 Å². The second-order valence-electron chi connectivity index (χ2n) is 6.32. The maximum absolute atomic E-state index is 13.0. The van der Waals surface area contributed by atoms with Crippen LogP contribution in [0.3, 0.4) is 0 Å². The lowest BCUT2D eigenvalue weighted by atomic mass is 10.1. The molecule has 0 aliphatic carbocycles. The molecule has 0 saturated heterocycles. The van der Waals surface area contributed by atoms with Crippen molar-refractivity contribution in [3.8, 4) is 11.3 Å². The molecular formula is C20H21N3O4S. The van der Waals surface area contributed by atoms with Crippen molar-refractivity contribution in [3.05, 3.63) is 65.4 Å². The minimum absolute atomic E-state index is 0.146. The van der Waals surface area contributed by atoms with Crippen LogP contribution in [0.2, 0.25) is 0 Å². The minimum Gasteiger partial charge on any atom is -0.462 e. The lowest BCUT2D eigenvalue weighted by molar-refractivity contribution is 0.0526. The van der Waals surface area contributed by atoms with Gasteiger partial charge in [-0.3, -0.25) is 9.82 Å². The van der Waals surface area contributed by atoms with Gasteiger partial charge in [0, 0.05) is 16.9 Å². The SMILES string of the molecule is CCOC(=O)c1cccc(NS(=O)(=O)c2cc(-c3cc(C)[nH]n3)ccc2C)c1. The van der Waals surface area contributed by atoms with Crippen LogP contribution < -0.4 is 4.72 Å². The van der Waals surface area contributed by atoms with Crippen molar-refractivity contribution in [2.24, 2.45) is 0 Å². The number of H-pyrrole nitrogens is 1. The molecule has 0 spiro atoms. The first-order valence-corrected chi connectivity index (χ1v) is 10.2. The number of aromatic amines is 1. The van der Waals surface area contributed by atoms with Gasteiger partial charge in [0.2, 0.25) is 0 Å². The topological polar surface area (TPSA) is 101 Å². The normalized spacial score (nSPS) is 11.2. The molecule has 146 valence electrons. The first-order chi connectivity index (χ1) is 13.3. The maximum Gasteiger partial charge on any atom is 0.338 e. The van der Waals surface area contributed by atoms with Crippen LogP contribution in [-0.4, -0.2) is 31.2 Å². The number of rotatable bonds is 6. The number of anilines is 1. The Balaban J connectivity index is 1.93. The summed E-state index contributed by atoms with van der Waals surface area (Å²) in [7, 11) is -3.86. The van der Waals surface area contributed by atoms with Crippen molar-refractivity contribution in [1.29, 1.82) is 0 Å². The summed E-state index contributed by atoms with van der Waals surface area (Å²) in [6.07, 6.45) is 0. The highest BCUT2D eigenvalue weighted by atomic mass is 32.2. The molecule has 1 aromatic heterocycles. The summed E-state index contributed by atoms with van der Waals surface area (Å²) in [5.41, 5.74) is 3.40. The highest BCUT2D eigenvalue weighted by Gasteiger charge is 2.19. The van der Waals surface area contributed by atoms with Crippen LogP contribution in [0.4, 0.5) is 5.69 Å². The van der Waals surface area contributed by atoms with Crippen LogP contribution in [0.15, 0.2) is 53.4 Å². The largest absolute Gasteiger partial charge is 0.462 e. The Morgan fingerprint density at radius 3 is 2.61 bits per heavy atom. The molecule has 0 aliphatic rings. The summed E-state index contributed by atoms with van der Waals surface area (Å²) in [5, 5.41) is 7.03. The number of hydrogen-bond acceptors (Lipinski definition) is 5. The lowest BCUT2D eigenvalue weighted by Gasteiger charge is -2.12. The number of sulfonamides is 1. The van der Waals surface area contributed by atoms with E-state index in [1.165, 1.54) is 6.07 Å². The number of nitrogens with zero attached hydrogens (tertiary/aromatic N) is 1. The van der Waals surface area contributed by atoms with Crippen LogP contribution in [0.25, 0.3) is 11.3 Å². The molecule has 0 fully saturated rings. The number of aromatic nitrogens is 2. The molecular weight excluding hydrogens is 378 g/mol. The van der Waals surface area contributed by atoms with E-state index in [0.29, 0.717) is 16.8 Å². The number of esters is 1. The van der Waals surface area contributed by atoms with Gasteiger partial charge in [0.05, 0.1) is 22.8 Å². The van der Waals surface area contributed by atoms with E-state index < -0.39 is 16.0 Å².